The fourth-order valence-corrected chi connectivity index (χ4v) is 4.99. The Morgan fingerprint density at radius 3 is 2.42 bits per heavy atom. The zero-order valence-electron chi connectivity index (χ0n) is 21.3. The molecule has 0 spiro atoms. The van der Waals surface area contributed by atoms with Crippen molar-refractivity contribution in [1.82, 2.24) is 4.98 Å². The Morgan fingerprint density at radius 2 is 1.84 bits per heavy atom. The summed E-state index contributed by atoms with van der Waals surface area (Å²) in [6.07, 6.45) is 3.23. The number of para-hydroxylation sites is 1. The van der Waals surface area contributed by atoms with Crippen molar-refractivity contribution in [3.8, 4) is 17.0 Å². The Balaban J connectivity index is 1.81. The number of hydrogen-bond donors (Lipinski definition) is 2. The Morgan fingerprint density at radius 1 is 1.16 bits per heavy atom. The summed E-state index contributed by atoms with van der Waals surface area (Å²) < 4.78 is 16.5. The molecule has 11 heteroatoms. The van der Waals surface area contributed by atoms with E-state index in [2.05, 4.69) is 24.1 Å². The van der Waals surface area contributed by atoms with Gasteiger partial charge in [0, 0.05) is 27.6 Å². The lowest BCUT2D eigenvalue weighted by Gasteiger charge is -2.17. The van der Waals surface area contributed by atoms with Gasteiger partial charge in [0.2, 0.25) is 5.76 Å². The number of methoxy groups -OCH3 is 2. The third-order valence-electron chi connectivity index (χ3n) is 5.73. The molecule has 0 atom stereocenters. The van der Waals surface area contributed by atoms with Crippen LogP contribution in [-0.2, 0) is 20.9 Å². The van der Waals surface area contributed by atoms with Gasteiger partial charge in [0.1, 0.15) is 5.75 Å². The second-order valence-corrected chi connectivity index (χ2v) is 9.78. The first kappa shape index (κ1) is 29.4. The van der Waals surface area contributed by atoms with Crippen LogP contribution in [0, 0.1) is 0 Å². The van der Waals surface area contributed by atoms with Crippen molar-refractivity contribution in [2.45, 2.75) is 39.4 Å². The van der Waals surface area contributed by atoms with Crippen LogP contribution in [0.15, 0.2) is 41.5 Å². The highest BCUT2D eigenvalue weighted by atomic mass is 35.5. The Labute approximate surface area is 235 Å². The van der Waals surface area contributed by atoms with Crippen molar-refractivity contribution in [2.24, 2.45) is 0 Å². The van der Waals surface area contributed by atoms with Crippen LogP contribution < -0.4 is 10.1 Å². The molecule has 1 aromatic heterocycles. The molecule has 3 rings (SSSR count). The average molecular weight is 580 g/mol. The quantitative estimate of drug-likeness (QED) is 0.173. The van der Waals surface area contributed by atoms with E-state index in [0.717, 1.165) is 24.0 Å². The summed E-state index contributed by atoms with van der Waals surface area (Å²) in [5.74, 6) is -1.43. The van der Waals surface area contributed by atoms with E-state index in [-0.39, 0.29) is 33.0 Å². The monoisotopic (exact) mass is 578 g/mol. The van der Waals surface area contributed by atoms with E-state index in [1.54, 1.807) is 7.11 Å². The molecule has 0 bridgehead atoms. The zero-order valence-corrected chi connectivity index (χ0v) is 23.7. The maximum Gasteiger partial charge on any atom is 0.371 e. The van der Waals surface area contributed by atoms with Gasteiger partial charge in [0.25, 0.3) is 5.91 Å². The van der Waals surface area contributed by atoms with Crippen LogP contribution in [0.25, 0.3) is 17.3 Å². The predicted molar refractivity (Wildman–Crippen MR) is 150 cm³/mol. The number of aromatic nitrogens is 1. The molecule has 202 valence electrons. The first-order valence-electron chi connectivity index (χ1n) is 11.7. The molecule has 1 amide bonds. The molecule has 2 aromatic carbocycles. The smallest absolute Gasteiger partial charge is 0.371 e. The van der Waals surface area contributed by atoms with Crippen LogP contribution in [0.4, 0.5) is 5.13 Å². The predicted octanol–water partition coefficient (Wildman–Crippen LogP) is 7.15. The number of nitrogens with zero attached hydrogens (tertiary/aromatic N) is 1. The van der Waals surface area contributed by atoms with Gasteiger partial charge in [-0.2, -0.15) is 0 Å². The number of ether oxygens (including phenoxy) is 3. The lowest BCUT2D eigenvalue weighted by Crippen LogP contribution is -2.12. The van der Waals surface area contributed by atoms with E-state index in [4.69, 9.17) is 42.5 Å². The van der Waals surface area contributed by atoms with E-state index in [9.17, 15) is 9.59 Å². The number of carbonyl (C=O) groups excluding carboxylic acids is 1. The van der Waals surface area contributed by atoms with E-state index < -0.39 is 11.9 Å². The molecule has 0 aliphatic carbocycles. The number of carboxylic acid groups (broad SMARTS) is 1. The number of aliphatic carboxylic acids is 1. The topological polar surface area (TPSA) is 107 Å². The van der Waals surface area contributed by atoms with E-state index in [1.165, 1.54) is 36.7 Å². The minimum absolute atomic E-state index is 0.0930. The van der Waals surface area contributed by atoms with Gasteiger partial charge >= 0.3 is 5.97 Å². The molecular weight excluding hydrogens is 551 g/mol. The van der Waals surface area contributed by atoms with Crippen molar-refractivity contribution in [3.63, 3.8) is 0 Å². The van der Waals surface area contributed by atoms with Crippen molar-refractivity contribution >= 4 is 57.6 Å². The number of hydrogen-bond acceptors (Lipinski definition) is 7. The lowest BCUT2D eigenvalue weighted by atomic mass is 10.1. The third kappa shape index (κ3) is 7.05. The third-order valence-corrected chi connectivity index (χ3v) is 7.12. The van der Waals surface area contributed by atoms with Crippen LogP contribution in [0.2, 0.25) is 10.0 Å². The number of nitrogens with one attached hydrogen (secondary N) is 1. The van der Waals surface area contributed by atoms with E-state index >= 15 is 0 Å². The number of anilines is 1. The Hall–Kier alpha value is -3.11. The number of halogens is 2. The largest absolute Gasteiger partial charge is 0.496 e. The first-order chi connectivity index (χ1) is 18.2. The molecule has 0 aliphatic heterocycles. The fraction of sp³-hybridized carbons (Fsp3) is 0.296. The highest BCUT2D eigenvalue weighted by Gasteiger charge is 2.18. The fourth-order valence-electron chi connectivity index (χ4n) is 3.69. The molecule has 1 heterocycles. The molecule has 0 unspecified atom stereocenters. The first-order valence-corrected chi connectivity index (χ1v) is 13.4. The van der Waals surface area contributed by atoms with Gasteiger partial charge in [0.05, 0.1) is 42.7 Å². The molecule has 0 fully saturated rings. The summed E-state index contributed by atoms with van der Waals surface area (Å²) in [6.45, 7) is 4.61. The summed E-state index contributed by atoms with van der Waals surface area (Å²) in [4.78, 5) is 28.7. The summed E-state index contributed by atoms with van der Waals surface area (Å²) in [6, 6.07) is 8.56. The standard InChI is InChI=1S/C27H28Cl2N2O6S/c1-5-17(6-2)37-13-15-8-7-9-18(24(15)36-4)22-14-38-27(30-22)31-25(32)16-10-20(28)19(21(29)11-16)12-23(35-3)26(33)34/h7-12,14,17H,5-6,13H2,1-4H3,(H,33,34)(H,30,31,32)/b23-12-. The lowest BCUT2D eigenvalue weighted by molar-refractivity contribution is -0.135. The van der Waals surface area contributed by atoms with E-state index in [0.29, 0.717) is 23.2 Å². The number of benzene rings is 2. The van der Waals surface area contributed by atoms with Gasteiger partial charge in [-0.15, -0.1) is 11.3 Å². The van der Waals surface area contributed by atoms with E-state index in [1.807, 2.05) is 23.6 Å². The summed E-state index contributed by atoms with van der Waals surface area (Å²) >= 11 is 13.8. The highest BCUT2D eigenvalue weighted by molar-refractivity contribution is 7.14. The molecule has 38 heavy (non-hydrogen) atoms. The highest BCUT2D eigenvalue weighted by Crippen LogP contribution is 2.36. The number of rotatable bonds is 12. The average Bonchev–Trinajstić information content (AvgIpc) is 3.36. The summed E-state index contributed by atoms with van der Waals surface area (Å²) in [5, 5.41) is 14.3. The van der Waals surface area contributed by atoms with Crippen molar-refractivity contribution in [1.29, 1.82) is 0 Å². The van der Waals surface area contributed by atoms with Crippen LogP contribution in [0.1, 0.15) is 48.2 Å². The second kappa shape index (κ2) is 13.6. The van der Waals surface area contributed by atoms with Crippen LogP contribution in [0.3, 0.4) is 0 Å². The molecule has 0 radical (unpaired) electrons. The molecule has 2 N–H and O–H groups in total. The number of carbonyl (C=O) groups is 2. The minimum atomic E-state index is -1.28. The van der Waals surface area contributed by atoms with Crippen molar-refractivity contribution in [2.75, 3.05) is 19.5 Å². The molecule has 0 saturated carbocycles. The number of carboxylic acids is 1. The summed E-state index contributed by atoms with van der Waals surface area (Å²) in [5.41, 5.74) is 2.74. The molecular formula is C27H28Cl2N2O6S. The van der Waals surface area contributed by atoms with Gasteiger partial charge in [-0.3, -0.25) is 10.1 Å². The Bertz CT molecular complexity index is 1310. The minimum Gasteiger partial charge on any atom is -0.496 e. The van der Waals surface area contributed by atoms with Crippen LogP contribution in [0.5, 0.6) is 5.75 Å². The normalized spacial score (nSPS) is 11.5. The maximum atomic E-state index is 12.9. The van der Waals surface area contributed by atoms with Crippen molar-refractivity contribution in [3.05, 3.63) is 68.2 Å². The maximum absolute atomic E-state index is 12.9. The number of thiazole rings is 1. The molecule has 0 aliphatic rings. The van der Waals surface area contributed by atoms with Gasteiger partial charge in [-0.1, -0.05) is 49.2 Å². The van der Waals surface area contributed by atoms with Gasteiger partial charge in [-0.25, -0.2) is 9.78 Å². The molecule has 0 saturated heterocycles. The van der Waals surface area contributed by atoms with Crippen molar-refractivity contribution < 1.29 is 28.9 Å². The Kier molecular flexibility index (Phi) is 10.6. The molecule has 3 aromatic rings. The van der Waals surface area contributed by atoms with Crippen LogP contribution in [-0.4, -0.2) is 42.3 Å². The second-order valence-electron chi connectivity index (χ2n) is 8.11. The van der Waals surface area contributed by atoms with Crippen LogP contribution >= 0.6 is 34.5 Å². The van der Waals surface area contributed by atoms with Gasteiger partial charge < -0.3 is 19.3 Å². The summed E-state index contributed by atoms with van der Waals surface area (Å²) in [7, 11) is 2.83. The van der Waals surface area contributed by atoms with Gasteiger partial charge in [0.15, 0.2) is 5.13 Å². The van der Waals surface area contributed by atoms with Gasteiger partial charge in [-0.05, 0) is 37.1 Å². The molecule has 8 nitrogen and oxygen atoms in total. The zero-order chi connectivity index (χ0) is 27.8. The SMILES string of the molecule is CCC(CC)OCc1cccc(-c2csc(NC(=O)c3cc(Cl)c(/C=C(\OC)C(=O)O)c(Cl)c3)n2)c1OC. The number of amides is 1.